The van der Waals surface area contributed by atoms with Crippen molar-refractivity contribution < 1.29 is 31.2 Å². The fraction of sp³-hybridized carbons (Fsp3) is 0.481. The largest absolute Gasteiger partial charge is 1.00 e. The van der Waals surface area contributed by atoms with E-state index in [0.717, 1.165) is 72.7 Å². The number of piperidine rings is 3. The molecule has 4 aliphatic rings. The van der Waals surface area contributed by atoms with Crippen molar-refractivity contribution in [3.05, 3.63) is 71.8 Å². The Morgan fingerprint density at radius 3 is 2.24 bits per heavy atom. The van der Waals surface area contributed by atoms with E-state index in [1.54, 1.807) is 0 Å². The van der Waals surface area contributed by atoms with Crippen molar-refractivity contribution in [2.45, 2.75) is 25.0 Å². The van der Waals surface area contributed by atoms with Crippen LogP contribution >= 0.6 is 11.8 Å². The Hall–Kier alpha value is -1.86. The van der Waals surface area contributed by atoms with Gasteiger partial charge in [0.25, 0.3) is 0 Å². The number of ketones is 1. The van der Waals surface area contributed by atoms with Crippen LogP contribution in [0.1, 0.15) is 34.8 Å². The molecule has 0 saturated carbocycles. The van der Waals surface area contributed by atoms with Crippen LogP contribution in [-0.4, -0.2) is 78.0 Å². The van der Waals surface area contributed by atoms with Crippen molar-refractivity contribution in [2.24, 2.45) is 5.92 Å². The summed E-state index contributed by atoms with van der Waals surface area (Å²) >= 11 is 1.94. The van der Waals surface area contributed by atoms with Crippen LogP contribution in [0, 0.1) is 5.92 Å². The number of rotatable bonds is 7. The molecule has 0 unspecified atom stereocenters. The molecule has 0 N–H and O–H groups in total. The van der Waals surface area contributed by atoms with Crippen molar-refractivity contribution >= 4 is 23.5 Å². The van der Waals surface area contributed by atoms with Crippen LogP contribution in [0.4, 0.5) is 0 Å². The Labute approximate surface area is 212 Å². The lowest BCUT2D eigenvalue weighted by Crippen LogP contribution is -3.00. The Morgan fingerprint density at radius 1 is 0.971 bits per heavy atom. The minimum atomic E-state index is -0.345. The number of esters is 1. The minimum absolute atomic E-state index is 0. The number of carbonyl (C=O) groups is 2. The first-order chi connectivity index (χ1) is 16.1. The van der Waals surface area contributed by atoms with Gasteiger partial charge in [-0.3, -0.25) is 9.69 Å². The fourth-order valence-electron chi connectivity index (χ4n) is 5.78. The molecule has 0 amide bonds. The van der Waals surface area contributed by atoms with E-state index in [9.17, 15) is 9.59 Å². The van der Waals surface area contributed by atoms with Crippen molar-refractivity contribution in [1.82, 2.24) is 4.90 Å². The predicted molar refractivity (Wildman–Crippen MR) is 131 cm³/mol. The van der Waals surface area contributed by atoms with E-state index in [4.69, 9.17) is 4.74 Å². The van der Waals surface area contributed by atoms with Crippen LogP contribution in [0.15, 0.2) is 60.7 Å². The summed E-state index contributed by atoms with van der Waals surface area (Å²) in [7, 11) is 0. The summed E-state index contributed by atoms with van der Waals surface area (Å²) in [5, 5.41) is 0. The van der Waals surface area contributed by atoms with Gasteiger partial charge in [-0.2, -0.15) is 11.8 Å². The highest BCUT2D eigenvalue weighted by molar-refractivity contribution is 7.99. The minimum Gasteiger partial charge on any atom is -1.00 e. The number of thioether (sulfide) groups is 1. The van der Waals surface area contributed by atoms with E-state index in [2.05, 4.69) is 4.90 Å². The Balaban J connectivity index is 0.00000274. The summed E-state index contributed by atoms with van der Waals surface area (Å²) in [6.07, 6.45) is 1.95. The molecule has 182 valence electrons. The Bertz CT molecular complexity index is 960. The zero-order valence-corrected chi connectivity index (χ0v) is 21.1. The van der Waals surface area contributed by atoms with Gasteiger partial charge in [-0.15, -0.1) is 0 Å². The normalized spacial score (nSPS) is 27.4. The van der Waals surface area contributed by atoms with E-state index < -0.39 is 0 Å². The van der Waals surface area contributed by atoms with Crippen LogP contribution in [-0.2, 0) is 9.53 Å². The van der Waals surface area contributed by atoms with Gasteiger partial charge in [0.15, 0.2) is 6.10 Å². The molecule has 6 rings (SSSR count). The number of nitrogens with zero attached hydrogens (tertiary/aromatic N) is 2. The highest BCUT2D eigenvalue weighted by Gasteiger charge is 2.49. The number of fused-ring (bicyclic) bond motifs is 3. The molecule has 5 nitrogen and oxygen atoms in total. The first kappa shape index (κ1) is 25.2. The lowest BCUT2D eigenvalue weighted by atomic mass is 9.82. The fourth-order valence-corrected chi connectivity index (χ4v) is 6.71. The third-order valence-electron chi connectivity index (χ3n) is 7.63. The van der Waals surface area contributed by atoms with Crippen LogP contribution in [0.5, 0.6) is 0 Å². The maximum Gasteiger partial charge on any atom is 0.328 e. The number of quaternary nitrogens is 1. The molecular weight excluding hydrogens is 468 g/mol. The number of hydrogen-bond donors (Lipinski definition) is 0. The zero-order chi connectivity index (χ0) is 22.7. The quantitative estimate of drug-likeness (QED) is 0.320. The second kappa shape index (κ2) is 11.3. The van der Waals surface area contributed by atoms with Crippen molar-refractivity contribution in [3.8, 4) is 0 Å². The molecule has 4 heterocycles. The van der Waals surface area contributed by atoms with Gasteiger partial charge in [0.2, 0.25) is 5.78 Å². The molecule has 2 aromatic carbocycles. The van der Waals surface area contributed by atoms with Crippen LogP contribution in [0.2, 0.25) is 0 Å². The first-order valence-corrected chi connectivity index (χ1v) is 13.3. The van der Waals surface area contributed by atoms with Gasteiger partial charge >= 0.3 is 5.97 Å². The Morgan fingerprint density at radius 2 is 1.59 bits per heavy atom. The molecule has 7 heteroatoms. The summed E-state index contributed by atoms with van der Waals surface area (Å²) < 4.78 is 7.04. The molecular formula is C27H33ClN2O3S. The van der Waals surface area contributed by atoms with E-state index >= 15 is 0 Å². The molecule has 4 saturated heterocycles. The number of hydrogen-bond acceptors (Lipinski definition) is 5. The van der Waals surface area contributed by atoms with Crippen LogP contribution in [0.3, 0.4) is 0 Å². The standard InChI is InChI=1S/C27H33N2O3S.ClH/c30-24(21-7-3-1-4-8-21)19-29-15-11-22(12-16-29)25(20-29)32-27(31)26(23-9-5-2-6-10-23)28-13-17-33-18-14-28;/h1-10,22,25-26H,11-20H2;1H/q+1;/p-1/t22?,25-,26-,29?;/m0./s1. The lowest BCUT2D eigenvalue weighted by molar-refractivity contribution is -0.938. The molecule has 0 aliphatic carbocycles. The van der Waals surface area contributed by atoms with Crippen molar-refractivity contribution in [3.63, 3.8) is 0 Å². The average molecular weight is 501 g/mol. The lowest BCUT2D eigenvalue weighted by Gasteiger charge is -2.51. The smallest absolute Gasteiger partial charge is 0.328 e. The third-order valence-corrected chi connectivity index (χ3v) is 8.58. The van der Waals surface area contributed by atoms with Crippen LogP contribution in [0.25, 0.3) is 0 Å². The molecule has 4 aliphatic heterocycles. The van der Waals surface area contributed by atoms with Gasteiger partial charge in [0.05, 0.1) is 13.1 Å². The van der Waals surface area contributed by atoms with Gasteiger partial charge in [-0.25, -0.2) is 4.79 Å². The number of halogens is 1. The summed E-state index contributed by atoms with van der Waals surface area (Å²) in [6.45, 7) is 5.06. The summed E-state index contributed by atoms with van der Waals surface area (Å²) in [4.78, 5) is 28.9. The highest BCUT2D eigenvalue weighted by Crippen LogP contribution is 2.37. The Kier molecular flexibility index (Phi) is 8.35. The second-order valence-corrected chi connectivity index (χ2v) is 10.9. The van der Waals surface area contributed by atoms with Gasteiger partial charge in [0.1, 0.15) is 19.1 Å². The van der Waals surface area contributed by atoms with Crippen molar-refractivity contribution in [2.75, 3.05) is 50.8 Å². The second-order valence-electron chi connectivity index (χ2n) is 9.69. The summed E-state index contributed by atoms with van der Waals surface area (Å²) in [6, 6.07) is 19.3. The SMILES string of the molecule is O=C(C[N+]12CCC(CC1)[C@@H](OC(=O)[C@H](c1ccccc1)N1CCSCC1)C2)c1ccccc1.[Cl-]. The first-order valence-electron chi connectivity index (χ1n) is 12.1. The molecule has 0 spiro atoms. The van der Waals surface area contributed by atoms with E-state index in [1.807, 2.05) is 72.4 Å². The molecule has 34 heavy (non-hydrogen) atoms. The molecule has 2 atom stereocenters. The van der Waals surface area contributed by atoms with E-state index in [1.165, 1.54) is 0 Å². The molecule has 2 bridgehead atoms. The maximum absolute atomic E-state index is 13.6. The van der Waals surface area contributed by atoms with Gasteiger partial charge in [0, 0.05) is 48.9 Å². The number of Topliss-reactive ketones (excluding diaryl/α,β-unsaturated/α-hetero) is 1. The van der Waals surface area contributed by atoms with Gasteiger partial charge < -0.3 is 21.6 Å². The van der Waals surface area contributed by atoms with Gasteiger partial charge in [-0.1, -0.05) is 60.7 Å². The maximum atomic E-state index is 13.6. The van der Waals surface area contributed by atoms with Crippen molar-refractivity contribution in [1.29, 1.82) is 0 Å². The van der Waals surface area contributed by atoms with E-state index in [0.29, 0.717) is 12.5 Å². The molecule has 2 aromatic rings. The highest BCUT2D eigenvalue weighted by atomic mass is 35.5. The topological polar surface area (TPSA) is 46.6 Å². The average Bonchev–Trinajstić information content (AvgIpc) is 2.86. The van der Waals surface area contributed by atoms with Crippen LogP contribution < -0.4 is 12.4 Å². The van der Waals surface area contributed by atoms with Gasteiger partial charge in [-0.05, 0) is 5.56 Å². The molecule has 4 fully saturated rings. The third kappa shape index (κ3) is 5.51. The summed E-state index contributed by atoms with van der Waals surface area (Å²) in [5.41, 5.74) is 1.79. The van der Waals surface area contributed by atoms with E-state index in [-0.39, 0.29) is 36.3 Å². The number of ether oxygens (including phenoxy) is 1. The predicted octanol–water partition coefficient (Wildman–Crippen LogP) is 0.816. The molecule has 0 aromatic heterocycles. The molecule has 0 radical (unpaired) electrons. The number of benzene rings is 2. The monoisotopic (exact) mass is 500 g/mol. The number of carbonyl (C=O) groups excluding carboxylic acids is 2. The zero-order valence-electron chi connectivity index (χ0n) is 19.5. The summed E-state index contributed by atoms with van der Waals surface area (Å²) in [5.74, 6) is 2.57.